The molecule has 0 aliphatic carbocycles. The van der Waals surface area contributed by atoms with E-state index >= 15 is 0 Å². The molecule has 18 heavy (non-hydrogen) atoms. The minimum Gasteiger partial charge on any atom is -0.352 e. The molecule has 0 aromatic carbocycles. The van der Waals surface area contributed by atoms with Crippen LogP contribution in [0.5, 0.6) is 0 Å². The molecule has 0 spiro atoms. The van der Waals surface area contributed by atoms with Crippen LogP contribution in [0.4, 0.5) is 0 Å². The van der Waals surface area contributed by atoms with E-state index in [9.17, 15) is 4.79 Å². The van der Waals surface area contributed by atoms with Crippen molar-refractivity contribution >= 4 is 5.91 Å². The zero-order valence-electron chi connectivity index (χ0n) is 10.7. The minimum absolute atomic E-state index is 0.0371. The smallest absolute Gasteiger partial charge is 0.217 e. The summed E-state index contributed by atoms with van der Waals surface area (Å²) in [6, 6.07) is 4.47. The Morgan fingerprint density at radius 1 is 1.61 bits per heavy atom. The van der Waals surface area contributed by atoms with Crippen LogP contribution in [0.2, 0.25) is 0 Å². The van der Waals surface area contributed by atoms with Gasteiger partial charge in [-0.2, -0.15) is 0 Å². The highest BCUT2D eigenvalue weighted by Crippen LogP contribution is 2.23. The van der Waals surface area contributed by atoms with Crippen LogP contribution < -0.4 is 11.1 Å². The molecular formula is C13H20N4O. The zero-order chi connectivity index (χ0) is 13.0. The first-order chi connectivity index (χ1) is 8.70. The van der Waals surface area contributed by atoms with E-state index in [0.29, 0.717) is 6.54 Å². The SMILES string of the molecule is CC(=O)NC1CCN(C(CN)c2ccncc2)C1. The predicted octanol–water partition coefficient (Wildman–Crippen LogP) is 0.292. The van der Waals surface area contributed by atoms with Crippen LogP contribution in [-0.2, 0) is 4.79 Å². The van der Waals surface area contributed by atoms with Gasteiger partial charge in [-0.25, -0.2) is 0 Å². The van der Waals surface area contributed by atoms with E-state index in [4.69, 9.17) is 5.73 Å². The lowest BCUT2D eigenvalue weighted by atomic mass is 10.1. The second-order valence-electron chi connectivity index (χ2n) is 4.71. The predicted molar refractivity (Wildman–Crippen MR) is 69.8 cm³/mol. The molecule has 2 heterocycles. The lowest BCUT2D eigenvalue weighted by molar-refractivity contribution is -0.119. The molecule has 1 amide bonds. The van der Waals surface area contributed by atoms with Crippen molar-refractivity contribution in [2.75, 3.05) is 19.6 Å². The Kier molecular flexibility index (Phi) is 4.28. The van der Waals surface area contributed by atoms with Crippen molar-refractivity contribution in [3.8, 4) is 0 Å². The third kappa shape index (κ3) is 3.05. The number of nitrogens with zero attached hydrogens (tertiary/aromatic N) is 2. The first kappa shape index (κ1) is 13.0. The average Bonchev–Trinajstić information content (AvgIpc) is 2.79. The number of rotatable bonds is 4. The van der Waals surface area contributed by atoms with Gasteiger partial charge in [-0.1, -0.05) is 0 Å². The van der Waals surface area contributed by atoms with Crippen molar-refractivity contribution in [2.24, 2.45) is 5.73 Å². The van der Waals surface area contributed by atoms with Crippen LogP contribution in [-0.4, -0.2) is 41.5 Å². The lowest BCUT2D eigenvalue weighted by Gasteiger charge is -2.27. The molecule has 1 aliphatic rings. The number of carbonyl (C=O) groups excluding carboxylic acids is 1. The molecule has 2 atom stereocenters. The highest BCUT2D eigenvalue weighted by molar-refractivity contribution is 5.73. The van der Waals surface area contributed by atoms with E-state index in [1.54, 1.807) is 19.3 Å². The Morgan fingerprint density at radius 3 is 2.94 bits per heavy atom. The van der Waals surface area contributed by atoms with E-state index in [0.717, 1.165) is 19.5 Å². The van der Waals surface area contributed by atoms with Crippen molar-refractivity contribution in [3.63, 3.8) is 0 Å². The fourth-order valence-electron chi connectivity index (χ4n) is 2.56. The van der Waals surface area contributed by atoms with Crippen molar-refractivity contribution in [3.05, 3.63) is 30.1 Å². The maximum Gasteiger partial charge on any atom is 0.217 e. The molecule has 3 N–H and O–H groups in total. The number of hydrogen-bond donors (Lipinski definition) is 2. The molecule has 2 rings (SSSR count). The van der Waals surface area contributed by atoms with Gasteiger partial charge >= 0.3 is 0 Å². The van der Waals surface area contributed by atoms with Gasteiger partial charge in [0.15, 0.2) is 0 Å². The van der Waals surface area contributed by atoms with Crippen molar-refractivity contribution in [2.45, 2.75) is 25.4 Å². The van der Waals surface area contributed by atoms with Crippen LogP contribution in [0.25, 0.3) is 0 Å². The monoisotopic (exact) mass is 248 g/mol. The topological polar surface area (TPSA) is 71.2 Å². The van der Waals surface area contributed by atoms with Gasteiger partial charge in [-0.3, -0.25) is 14.7 Å². The number of pyridine rings is 1. The second-order valence-corrected chi connectivity index (χ2v) is 4.71. The molecule has 5 nitrogen and oxygen atoms in total. The number of amides is 1. The summed E-state index contributed by atoms with van der Waals surface area (Å²) in [5, 5.41) is 2.97. The molecule has 1 saturated heterocycles. The molecule has 0 saturated carbocycles. The number of nitrogens with one attached hydrogen (secondary N) is 1. The van der Waals surface area contributed by atoms with E-state index in [-0.39, 0.29) is 18.0 Å². The molecule has 98 valence electrons. The maximum atomic E-state index is 11.1. The Balaban J connectivity index is 2.00. The van der Waals surface area contributed by atoms with Crippen molar-refractivity contribution < 1.29 is 4.79 Å². The Labute approximate surface area is 107 Å². The van der Waals surface area contributed by atoms with Crippen LogP contribution in [0, 0.1) is 0 Å². The normalized spacial score (nSPS) is 21.8. The summed E-state index contributed by atoms with van der Waals surface area (Å²) in [7, 11) is 0. The quantitative estimate of drug-likeness (QED) is 0.803. The molecule has 2 unspecified atom stereocenters. The first-order valence-corrected chi connectivity index (χ1v) is 6.32. The molecular weight excluding hydrogens is 228 g/mol. The summed E-state index contributed by atoms with van der Waals surface area (Å²) in [5.41, 5.74) is 7.07. The number of hydrogen-bond acceptors (Lipinski definition) is 4. The van der Waals surface area contributed by atoms with Gasteiger partial charge in [-0.15, -0.1) is 0 Å². The van der Waals surface area contributed by atoms with Crippen molar-refractivity contribution in [1.29, 1.82) is 0 Å². The summed E-state index contributed by atoms with van der Waals surface area (Å²) < 4.78 is 0. The minimum atomic E-state index is 0.0371. The number of likely N-dealkylation sites (tertiary alicyclic amines) is 1. The van der Waals surface area contributed by atoms with Crippen molar-refractivity contribution in [1.82, 2.24) is 15.2 Å². The van der Waals surface area contributed by atoms with Gasteiger partial charge in [0, 0.05) is 51.0 Å². The van der Waals surface area contributed by atoms with Crippen LogP contribution in [0.1, 0.15) is 24.9 Å². The second kappa shape index (κ2) is 5.93. The molecule has 1 fully saturated rings. The maximum absolute atomic E-state index is 11.1. The average molecular weight is 248 g/mol. The summed E-state index contributed by atoms with van der Waals surface area (Å²) in [6.07, 6.45) is 4.57. The largest absolute Gasteiger partial charge is 0.352 e. The van der Waals surface area contributed by atoms with Gasteiger partial charge in [0.05, 0.1) is 0 Å². The highest BCUT2D eigenvalue weighted by atomic mass is 16.1. The number of nitrogens with two attached hydrogens (primary N) is 1. The summed E-state index contributed by atoms with van der Waals surface area (Å²) >= 11 is 0. The lowest BCUT2D eigenvalue weighted by Crippen LogP contribution is -2.38. The van der Waals surface area contributed by atoms with Gasteiger partial charge < -0.3 is 11.1 Å². The van der Waals surface area contributed by atoms with Crippen LogP contribution in [0.3, 0.4) is 0 Å². The van der Waals surface area contributed by atoms with E-state index in [1.807, 2.05) is 12.1 Å². The Hall–Kier alpha value is -1.46. The van der Waals surface area contributed by atoms with Gasteiger partial charge in [0.25, 0.3) is 0 Å². The van der Waals surface area contributed by atoms with Crippen LogP contribution >= 0.6 is 0 Å². The number of aromatic nitrogens is 1. The van der Waals surface area contributed by atoms with E-state index in [2.05, 4.69) is 15.2 Å². The Bertz CT molecular complexity index is 395. The van der Waals surface area contributed by atoms with Crippen LogP contribution in [0.15, 0.2) is 24.5 Å². The highest BCUT2D eigenvalue weighted by Gasteiger charge is 2.28. The molecule has 1 aromatic rings. The van der Waals surface area contributed by atoms with Gasteiger partial charge in [0.2, 0.25) is 5.91 Å². The molecule has 0 radical (unpaired) electrons. The van der Waals surface area contributed by atoms with E-state index < -0.39 is 0 Å². The third-order valence-electron chi connectivity index (χ3n) is 3.38. The summed E-state index contributed by atoms with van der Waals surface area (Å²) in [4.78, 5) is 17.4. The molecule has 5 heteroatoms. The van der Waals surface area contributed by atoms with Gasteiger partial charge in [-0.05, 0) is 24.1 Å². The van der Waals surface area contributed by atoms with E-state index in [1.165, 1.54) is 5.56 Å². The molecule has 1 aromatic heterocycles. The summed E-state index contributed by atoms with van der Waals surface area (Å²) in [6.45, 7) is 3.97. The van der Waals surface area contributed by atoms with Gasteiger partial charge in [0.1, 0.15) is 0 Å². The zero-order valence-corrected chi connectivity index (χ0v) is 10.7. The number of carbonyl (C=O) groups is 1. The summed E-state index contributed by atoms with van der Waals surface area (Å²) in [5.74, 6) is 0.0371. The molecule has 0 bridgehead atoms. The first-order valence-electron chi connectivity index (χ1n) is 6.32. The standard InChI is InChI=1S/C13H20N4O/c1-10(18)16-12-4-7-17(9-12)13(8-14)11-2-5-15-6-3-11/h2-3,5-6,12-13H,4,7-9,14H2,1H3,(H,16,18). The fraction of sp³-hybridized carbons (Fsp3) is 0.538. The third-order valence-corrected chi connectivity index (χ3v) is 3.38. The molecule has 1 aliphatic heterocycles. The Morgan fingerprint density at radius 2 is 2.33 bits per heavy atom. The fourth-order valence-corrected chi connectivity index (χ4v) is 2.56.